The highest BCUT2D eigenvalue weighted by Crippen LogP contribution is 2.20. The SMILES string of the molecule is CCCN1CCC(=O)/C(=C/c2cccc(OCC(C)C)c2)C1. The summed E-state index contributed by atoms with van der Waals surface area (Å²) in [6.45, 7) is 9.87. The number of hydrogen-bond donors (Lipinski definition) is 0. The molecule has 1 aliphatic heterocycles. The molecule has 0 N–H and O–H groups in total. The molecule has 22 heavy (non-hydrogen) atoms. The van der Waals surface area contributed by atoms with Crippen molar-refractivity contribution in [1.29, 1.82) is 0 Å². The third-order valence-corrected chi connectivity index (χ3v) is 3.73. The van der Waals surface area contributed by atoms with Gasteiger partial charge in [-0.15, -0.1) is 0 Å². The van der Waals surface area contributed by atoms with Crippen molar-refractivity contribution in [3.8, 4) is 5.75 Å². The second-order valence-electron chi connectivity index (χ2n) is 6.40. The number of likely N-dealkylation sites (tertiary alicyclic amines) is 1. The van der Waals surface area contributed by atoms with Crippen LogP contribution >= 0.6 is 0 Å². The van der Waals surface area contributed by atoms with Crippen molar-refractivity contribution in [3.63, 3.8) is 0 Å². The molecule has 3 nitrogen and oxygen atoms in total. The second-order valence-corrected chi connectivity index (χ2v) is 6.40. The third-order valence-electron chi connectivity index (χ3n) is 3.73. The van der Waals surface area contributed by atoms with Gasteiger partial charge in [-0.2, -0.15) is 0 Å². The van der Waals surface area contributed by atoms with Gasteiger partial charge in [-0.3, -0.25) is 9.69 Å². The van der Waals surface area contributed by atoms with E-state index in [1.807, 2.05) is 30.3 Å². The van der Waals surface area contributed by atoms with Crippen molar-refractivity contribution in [1.82, 2.24) is 4.90 Å². The zero-order valence-corrected chi connectivity index (χ0v) is 14.0. The minimum atomic E-state index is 0.279. The largest absolute Gasteiger partial charge is 0.493 e. The summed E-state index contributed by atoms with van der Waals surface area (Å²) in [5, 5.41) is 0. The normalized spacial score (nSPS) is 18.2. The van der Waals surface area contributed by atoms with Crippen LogP contribution in [0.15, 0.2) is 29.8 Å². The van der Waals surface area contributed by atoms with Crippen molar-refractivity contribution < 1.29 is 9.53 Å². The van der Waals surface area contributed by atoms with Gasteiger partial charge in [-0.25, -0.2) is 0 Å². The summed E-state index contributed by atoms with van der Waals surface area (Å²) in [6, 6.07) is 8.00. The van der Waals surface area contributed by atoms with Crippen LogP contribution in [0.5, 0.6) is 5.75 Å². The number of carbonyl (C=O) groups excluding carboxylic acids is 1. The fraction of sp³-hybridized carbons (Fsp3) is 0.526. The van der Waals surface area contributed by atoms with E-state index in [2.05, 4.69) is 25.7 Å². The van der Waals surface area contributed by atoms with Crippen LogP contribution in [-0.4, -0.2) is 36.9 Å². The van der Waals surface area contributed by atoms with Gasteiger partial charge in [0, 0.05) is 25.1 Å². The number of carbonyl (C=O) groups is 1. The van der Waals surface area contributed by atoms with Gasteiger partial charge in [0.05, 0.1) is 6.61 Å². The van der Waals surface area contributed by atoms with Crippen molar-refractivity contribution in [2.75, 3.05) is 26.2 Å². The quantitative estimate of drug-likeness (QED) is 0.749. The smallest absolute Gasteiger partial charge is 0.161 e. The lowest BCUT2D eigenvalue weighted by Crippen LogP contribution is -2.36. The molecule has 1 aromatic rings. The maximum absolute atomic E-state index is 12.1. The summed E-state index contributed by atoms with van der Waals surface area (Å²) in [4.78, 5) is 14.5. The number of piperidine rings is 1. The van der Waals surface area contributed by atoms with Crippen molar-refractivity contribution >= 4 is 11.9 Å². The second kappa shape index (κ2) is 8.14. The first kappa shape index (κ1) is 16.8. The molecule has 120 valence electrons. The zero-order valence-electron chi connectivity index (χ0n) is 14.0. The van der Waals surface area contributed by atoms with Gasteiger partial charge in [0.1, 0.15) is 5.75 Å². The maximum atomic E-state index is 12.1. The van der Waals surface area contributed by atoms with Crippen LogP contribution in [0.1, 0.15) is 39.2 Å². The Balaban J connectivity index is 2.09. The van der Waals surface area contributed by atoms with Crippen molar-refractivity contribution in [2.24, 2.45) is 5.92 Å². The molecular weight excluding hydrogens is 274 g/mol. The minimum Gasteiger partial charge on any atom is -0.493 e. The number of nitrogens with zero attached hydrogens (tertiary/aromatic N) is 1. The van der Waals surface area contributed by atoms with Gasteiger partial charge < -0.3 is 4.74 Å². The predicted molar refractivity (Wildman–Crippen MR) is 91.1 cm³/mol. The molecule has 1 fully saturated rings. The fourth-order valence-corrected chi connectivity index (χ4v) is 2.62. The van der Waals surface area contributed by atoms with Gasteiger partial charge in [0.15, 0.2) is 5.78 Å². The van der Waals surface area contributed by atoms with Crippen LogP contribution in [-0.2, 0) is 4.79 Å². The van der Waals surface area contributed by atoms with Crippen LogP contribution in [0.4, 0.5) is 0 Å². The number of rotatable bonds is 6. The number of Topliss-reactive ketones (excluding diaryl/α,β-unsaturated/α-hetero) is 1. The van der Waals surface area contributed by atoms with Crippen LogP contribution in [0.25, 0.3) is 6.08 Å². The number of ether oxygens (including phenoxy) is 1. The molecule has 0 aromatic heterocycles. The first-order chi connectivity index (χ1) is 10.6. The maximum Gasteiger partial charge on any atom is 0.161 e. The molecule has 1 aliphatic rings. The molecule has 0 unspecified atom stereocenters. The van der Waals surface area contributed by atoms with E-state index in [-0.39, 0.29) is 5.78 Å². The van der Waals surface area contributed by atoms with E-state index in [0.717, 1.165) is 42.9 Å². The molecule has 1 saturated heterocycles. The Bertz CT molecular complexity index is 534. The zero-order chi connectivity index (χ0) is 15.9. The highest BCUT2D eigenvalue weighted by atomic mass is 16.5. The lowest BCUT2D eigenvalue weighted by Gasteiger charge is -2.27. The fourth-order valence-electron chi connectivity index (χ4n) is 2.62. The van der Waals surface area contributed by atoms with E-state index in [4.69, 9.17) is 4.74 Å². The Morgan fingerprint density at radius 3 is 2.91 bits per heavy atom. The Hall–Kier alpha value is -1.61. The Morgan fingerprint density at radius 1 is 1.36 bits per heavy atom. The van der Waals surface area contributed by atoms with E-state index in [0.29, 0.717) is 18.9 Å². The average molecular weight is 301 g/mol. The molecule has 0 radical (unpaired) electrons. The summed E-state index contributed by atoms with van der Waals surface area (Å²) < 4.78 is 5.76. The number of hydrogen-bond acceptors (Lipinski definition) is 3. The molecule has 1 heterocycles. The molecular formula is C19H27NO2. The van der Waals surface area contributed by atoms with Gasteiger partial charge in [0.25, 0.3) is 0 Å². The summed E-state index contributed by atoms with van der Waals surface area (Å²) in [5.74, 6) is 1.65. The summed E-state index contributed by atoms with van der Waals surface area (Å²) in [6.07, 6.45) is 3.78. The van der Waals surface area contributed by atoms with Crippen LogP contribution in [0.2, 0.25) is 0 Å². The van der Waals surface area contributed by atoms with Crippen molar-refractivity contribution in [3.05, 3.63) is 35.4 Å². The van der Waals surface area contributed by atoms with Gasteiger partial charge in [0.2, 0.25) is 0 Å². The van der Waals surface area contributed by atoms with E-state index in [1.54, 1.807) is 0 Å². The lowest BCUT2D eigenvalue weighted by molar-refractivity contribution is -0.117. The number of benzene rings is 1. The molecule has 0 aliphatic carbocycles. The average Bonchev–Trinajstić information content (AvgIpc) is 2.49. The topological polar surface area (TPSA) is 29.5 Å². The van der Waals surface area contributed by atoms with Gasteiger partial charge >= 0.3 is 0 Å². The summed E-state index contributed by atoms with van der Waals surface area (Å²) >= 11 is 0. The van der Waals surface area contributed by atoms with Crippen LogP contribution < -0.4 is 4.74 Å². The molecule has 3 heteroatoms. The van der Waals surface area contributed by atoms with E-state index in [9.17, 15) is 4.79 Å². The number of ketones is 1. The molecule has 0 spiro atoms. The Morgan fingerprint density at radius 2 is 2.18 bits per heavy atom. The molecule has 0 atom stereocenters. The van der Waals surface area contributed by atoms with Crippen molar-refractivity contribution in [2.45, 2.75) is 33.6 Å². The standard InChI is InChI=1S/C19H27NO2/c1-4-9-20-10-8-19(21)17(13-20)11-16-6-5-7-18(12-16)22-14-15(2)3/h5-7,11-12,15H,4,8-10,13-14H2,1-3H3/b17-11+. The summed E-state index contributed by atoms with van der Waals surface area (Å²) in [5.41, 5.74) is 1.96. The lowest BCUT2D eigenvalue weighted by atomic mass is 10.00. The molecule has 0 bridgehead atoms. The van der Waals surface area contributed by atoms with Gasteiger partial charge in [-0.05, 0) is 42.7 Å². The highest BCUT2D eigenvalue weighted by molar-refractivity contribution is 6.00. The monoisotopic (exact) mass is 301 g/mol. The first-order valence-corrected chi connectivity index (χ1v) is 8.27. The van der Waals surface area contributed by atoms with Crippen LogP contribution in [0.3, 0.4) is 0 Å². The predicted octanol–water partition coefficient (Wildman–Crippen LogP) is 3.79. The molecule has 0 saturated carbocycles. The highest BCUT2D eigenvalue weighted by Gasteiger charge is 2.20. The van der Waals surface area contributed by atoms with E-state index < -0.39 is 0 Å². The van der Waals surface area contributed by atoms with Crippen LogP contribution in [0, 0.1) is 5.92 Å². The third kappa shape index (κ3) is 4.99. The van der Waals surface area contributed by atoms with E-state index >= 15 is 0 Å². The first-order valence-electron chi connectivity index (χ1n) is 8.27. The Kier molecular flexibility index (Phi) is 6.20. The summed E-state index contributed by atoms with van der Waals surface area (Å²) in [7, 11) is 0. The van der Waals surface area contributed by atoms with Gasteiger partial charge in [-0.1, -0.05) is 32.9 Å². The molecule has 2 rings (SSSR count). The Labute approximate surface area is 134 Å². The molecule has 0 amide bonds. The van der Waals surface area contributed by atoms with E-state index in [1.165, 1.54) is 0 Å². The minimum absolute atomic E-state index is 0.279. The molecule has 1 aromatic carbocycles.